The maximum Gasteiger partial charge on any atom is 0.288 e. The topological polar surface area (TPSA) is 93.5 Å². The van der Waals surface area contributed by atoms with E-state index >= 15 is 0 Å². The third-order valence-corrected chi connectivity index (χ3v) is 6.06. The fraction of sp³-hybridized carbons (Fsp3) is 0.318. The number of nitrogens with zero attached hydrogens (tertiary/aromatic N) is 1. The summed E-state index contributed by atoms with van der Waals surface area (Å²) in [6.45, 7) is 0.911. The monoisotopic (exact) mass is 427 g/mol. The average molecular weight is 428 g/mol. The standard InChI is InChI=1S/C22H22ClN3O4/c1-30-10-9-24-22(27)14-6-8-19-17(11-14)15-3-2-4-16(15)21(25-19)13-5-7-18(23)20(12-13)26(28)29/h2-3,5-8,11-12,15-16,21,25H,4,9-10H2,1H3,(H,24,27). The largest absolute Gasteiger partial charge is 0.383 e. The molecule has 2 aromatic rings. The third-order valence-electron chi connectivity index (χ3n) is 5.74. The normalized spacial score (nSPS) is 21.5. The van der Waals surface area contributed by atoms with Crippen LogP contribution in [0.3, 0.4) is 0 Å². The highest BCUT2D eigenvalue weighted by Gasteiger charge is 2.38. The number of ether oxygens (including phenoxy) is 1. The number of allylic oxidation sites excluding steroid dienone is 2. The maximum absolute atomic E-state index is 12.4. The average Bonchev–Trinajstić information content (AvgIpc) is 3.23. The summed E-state index contributed by atoms with van der Waals surface area (Å²) in [4.78, 5) is 23.3. The molecular weight excluding hydrogens is 406 g/mol. The number of nitrogens with one attached hydrogen (secondary N) is 2. The van der Waals surface area contributed by atoms with Crippen molar-refractivity contribution >= 4 is 28.9 Å². The van der Waals surface area contributed by atoms with Gasteiger partial charge in [-0.1, -0.05) is 29.8 Å². The van der Waals surface area contributed by atoms with E-state index in [4.69, 9.17) is 16.3 Å². The van der Waals surface area contributed by atoms with Crippen LogP contribution in [0.15, 0.2) is 48.6 Å². The molecule has 2 N–H and O–H groups in total. The molecule has 30 heavy (non-hydrogen) atoms. The molecule has 0 saturated heterocycles. The lowest BCUT2D eigenvalue weighted by molar-refractivity contribution is -0.384. The van der Waals surface area contributed by atoms with Crippen molar-refractivity contribution in [2.75, 3.05) is 25.6 Å². The van der Waals surface area contributed by atoms with E-state index in [-0.39, 0.29) is 34.5 Å². The van der Waals surface area contributed by atoms with Gasteiger partial charge in [0.15, 0.2) is 0 Å². The van der Waals surface area contributed by atoms with Crippen LogP contribution in [0.1, 0.15) is 39.9 Å². The summed E-state index contributed by atoms with van der Waals surface area (Å²) in [6.07, 6.45) is 5.14. The van der Waals surface area contributed by atoms with Crippen molar-refractivity contribution in [1.82, 2.24) is 5.32 Å². The van der Waals surface area contributed by atoms with Gasteiger partial charge in [0.05, 0.1) is 17.6 Å². The zero-order valence-electron chi connectivity index (χ0n) is 16.4. The highest BCUT2D eigenvalue weighted by atomic mass is 35.5. The van der Waals surface area contributed by atoms with Gasteiger partial charge in [-0.2, -0.15) is 0 Å². The molecule has 2 aliphatic rings. The van der Waals surface area contributed by atoms with Crippen LogP contribution in [-0.2, 0) is 4.74 Å². The summed E-state index contributed by atoms with van der Waals surface area (Å²) in [5.41, 5.74) is 3.34. The van der Waals surface area contributed by atoms with Crippen LogP contribution in [0.5, 0.6) is 0 Å². The van der Waals surface area contributed by atoms with Crippen molar-refractivity contribution in [3.8, 4) is 0 Å². The van der Waals surface area contributed by atoms with Gasteiger partial charge in [0, 0.05) is 36.9 Å². The second-order valence-electron chi connectivity index (χ2n) is 7.49. The van der Waals surface area contributed by atoms with E-state index in [1.54, 1.807) is 25.3 Å². The lowest BCUT2D eigenvalue weighted by Gasteiger charge is -2.37. The van der Waals surface area contributed by atoms with E-state index in [1.165, 1.54) is 0 Å². The molecule has 3 atom stereocenters. The summed E-state index contributed by atoms with van der Waals surface area (Å²) < 4.78 is 4.98. The number of carbonyl (C=O) groups is 1. The minimum atomic E-state index is -0.457. The van der Waals surface area contributed by atoms with Gasteiger partial charge in [-0.25, -0.2) is 0 Å². The molecule has 2 aromatic carbocycles. The molecule has 0 fully saturated rings. The van der Waals surface area contributed by atoms with Crippen LogP contribution in [0, 0.1) is 16.0 Å². The highest BCUT2D eigenvalue weighted by molar-refractivity contribution is 6.32. The molecule has 0 spiro atoms. The lowest BCUT2D eigenvalue weighted by atomic mass is 9.76. The molecule has 156 valence electrons. The number of hydrogen-bond donors (Lipinski definition) is 2. The number of nitro benzene ring substituents is 1. The van der Waals surface area contributed by atoms with Crippen molar-refractivity contribution in [3.63, 3.8) is 0 Å². The first-order valence-corrected chi connectivity index (χ1v) is 10.2. The Balaban J connectivity index is 1.65. The molecule has 0 aromatic heterocycles. The van der Waals surface area contributed by atoms with E-state index in [1.807, 2.05) is 18.2 Å². The Hall–Kier alpha value is -2.90. The number of fused-ring (bicyclic) bond motifs is 3. The van der Waals surface area contributed by atoms with Gasteiger partial charge in [-0.3, -0.25) is 14.9 Å². The van der Waals surface area contributed by atoms with Gasteiger partial charge in [-0.05, 0) is 47.7 Å². The lowest BCUT2D eigenvalue weighted by Crippen LogP contribution is -2.30. The Morgan fingerprint density at radius 2 is 2.17 bits per heavy atom. The summed E-state index contributed by atoms with van der Waals surface area (Å²) in [5.74, 6) is 0.196. The van der Waals surface area contributed by atoms with Gasteiger partial charge < -0.3 is 15.4 Å². The van der Waals surface area contributed by atoms with Gasteiger partial charge in [-0.15, -0.1) is 0 Å². The Labute approximate surface area is 179 Å². The van der Waals surface area contributed by atoms with Crippen molar-refractivity contribution in [1.29, 1.82) is 0 Å². The molecular formula is C22H22ClN3O4. The first-order chi connectivity index (χ1) is 14.5. The smallest absolute Gasteiger partial charge is 0.288 e. The fourth-order valence-corrected chi connectivity index (χ4v) is 4.48. The fourth-order valence-electron chi connectivity index (χ4n) is 4.30. The number of anilines is 1. The van der Waals surface area contributed by atoms with E-state index in [2.05, 4.69) is 22.8 Å². The summed E-state index contributed by atoms with van der Waals surface area (Å²) >= 11 is 5.99. The number of methoxy groups -OCH3 is 1. The quantitative estimate of drug-likeness (QED) is 0.307. The van der Waals surface area contributed by atoms with Crippen molar-refractivity contribution in [3.05, 3.63) is 80.4 Å². The zero-order valence-corrected chi connectivity index (χ0v) is 17.2. The predicted octanol–water partition coefficient (Wildman–Crippen LogP) is 4.45. The minimum absolute atomic E-state index is 0.0881. The molecule has 4 rings (SSSR count). The molecule has 7 nitrogen and oxygen atoms in total. The van der Waals surface area contributed by atoms with Crippen LogP contribution < -0.4 is 10.6 Å². The van der Waals surface area contributed by atoms with Crippen LogP contribution in [0.2, 0.25) is 5.02 Å². The van der Waals surface area contributed by atoms with Gasteiger partial charge in [0.25, 0.3) is 11.6 Å². The predicted molar refractivity (Wildman–Crippen MR) is 115 cm³/mol. The van der Waals surface area contributed by atoms with Crippen LogP contribution in [0.4, 0.5) is 11.4 Å². The second-order valence-corrected chi connectivity index (χ2v) is 7.90. The number of amides is 1. The van der Waals surface area contributed by atoms with Crippen molar-refractivity contribution < 1.29 is 14.5 Å². The molecule has 1 amide bonds. The molecule has 1 aliphatic carbocycles. The Bertz CT molecular complexity index is 1020. The summed E-state index contributed by atoms with van der Waals surface area (Å²) in [7, 11) is 1.59. The molecule has 0 saturated carbocycles. The minimum Gasteiger partial charge on any atom is -0.383 e. The number of hydrogen-bond acceptors (Lipinski definition) is 5. The summed E-state index contributed by atoms with van der Waals surface area (Å²) in [6, 6.07) is 10.5. The van der Waals surface area contributed by atoms with E-state index in [0.29, 0.717) is 18.7 Å². The summed E-state index contributed by atoms with van der Waals surface area (Å²) in [5, 5.41) is 17.8. The molecule has 0 radical (unpaired) electrons. The molecule has 1 aliphatic heterocycles. The molecule has 8 heteroatoms. The number of carbonyl (C=O) groups excluding carboxylic acids is 1. The first kappa shape index (κ1) is 20.4. The third kappa shape index (κ3) is 3.78. The van der Waals surface area contributed by atoms with E-state index in [0.717, 1.165) is 23.2 Å². The molecule has 0 bridgehead atoms. The maximum atomic E-state index is 12.4. The van der Waals surface area contributed by atoms with Crippen molar-refractivity contribution in [2.45, 2.75) is 18.4 Å². The Morgan fingerprint density at radius 3 is 2.93 bits per heavy atom. The van der Waals surface area contributed by atoms with E-state index in [9.17, 15) is 14.9 Å². The van der Waals surface area contributed by atoms with Gasteiger partial charge in [0.2, 0.25) is 0 Å². The van der Waals surface area contributed by atoms with Crippen LogP contribution in [0.25, 0.3) is 0 Å². The number of benzene rings is 2. The highest BCUT2D eigenvalue weighted by Crippen LogP contribution is 2.50. The van der Waals surface area contributed by atoms with Gasteiger partial charge in [0.1, 0.15) is 5.02 Å². The van der Waals surface area contributed by atoms with Crippen LogP contribution in [-0.4, -0.2) is 31.1 Å². The van der Waals surface area contributed by atoms with Crippen molar-refractivity contribution in [2.24, 2.45) is 5.92 Å². The molecule has 3 unspecified atom stereocenters. The van der Waals surface area contributed by atoms with Gasteiger partial charge >= 0.3 is 0 Å². The van der Waals surface area contributed by atoms with E-state index < -0.39 is 4.92 Å². The number of nitro groups is 1. The number of rotatable bonds is 6. The zero-order chi connectivity index (χ0) is 21.3. The van der Waals surface area contributed by atoms with Crippen LogP contribution >= 0.6 is 11.6 Å². The first-order valence-electron chi connectivity index (χ1n) is 9.77. The SMILES string of the molecule is COCCNC(=O)c1ccc2c(c1)C1C=CCC1C(c1ccc(Cl)c([N+](=O)[O-])c1)N2. The second kappa shape index (κ2) is 8.45. The Morgan fingerprint density at radius 1 is 1.33 bits per heavy atom. The number of halogens is 1. The Kier molecular flexibility index (Phi) is 5.74. The molecule has 1 heterocycles.